The van der Waals surface area contributed by atoms with E-state index in [0.29, 0.717) is 17.0 Å². The molecule has 20 heavy (non-hydrogen) atoms. The largest absolute Gasteiger partial charge is 0.340 e. The fraction of sp³-hybridized carbons (Fsp3) is 0.643. The zero-order chi connectivity index (χ0) is 14.2. The Morgan fingerprint density at radius 1 is 1.10 bits per heavy atom. The first-order valence-corrected chi connectivity index (χ1v) is 7.45. The number of nitrogens with one attached hydrogen (secondary N) is 2. The molecule has 0 unspecified atom stereocenters. The lowest BCUT2D eigenvalue weighted by Gasteiger charge is -2.04. The van der Waals surface area contributed by atoms with Crippen LogP contribution in [0.4, 0.5) is 5.82 Å². The summed E-state index contributed by atoms with van der Waals surface area (Å²) in [5, 5.41) is 9.08. The van der Waals surface area contributed by atoms with Crippen molar-refractivity contribution in [2.24, 2.45) is 0 Å². The monoisotopic (exact) mass is 277 g/mol. The van der Waals surface area contributed by atoms with Gasteiger partial charge in [-0.15, -0.1) is 0 Å². The highest BCUT2D eigenvalue weighted by Gasteiger charge is 2.08. The van der Waals surface area contributed by atoms with Gasteiger partial charge in [-0.1, -0.05) is 45.4 Å². The molecule has 3 N–H and O–H groups in total. The van der Waals surface area contributed by atoms with Crippen LogP contribution in [-0.2, 0) is 6.42 Å². The quantitative estimate of drug-likeness (QED) is 0.483. The number of aromatic amines is 1. The molecule has 0 aliphatic heterocycles. The SMILES string of the molecule is CCCCCCCCCc1nc(NO)c2[nH]cnc2n1. The second-order valence-electron chi connectivity index (χ2n) is 5.07. The van der Waals surface area contributed by atoms with E-state index in [1.165, 1.54) is 38.5 Å². The first-order valence-electron chi connectivity index (χ1n) is 7.45. The molecule has 0 spiro atoms. The number of rotatable bonds is 9. The Kier molecular flexibility index (Phi) is 5.73. The molecule has 0 saturated heterocycles. The van der Waals surface area contributed by atoms with Crippen molar-refractivity contribution in [3.63, 3.8) is 0 Å². The van der Waals surface area contributed by atoms with Gasteiger partial charge in [-0.3, -0.25) is 10.7 Å². The number of imidazole rings is 1. The highest BCUT2D eigenvalue weighted by atomic mass is 16.5. The fourth-order valence-corrected chi connectivity index (χ4v) is 2.31. The summed E-state index contributed by atoms with van der Waals surface area (Å²) in [7, 11) is 0. The third-order valence-electron chi connectivity index (χ3n) is 3.44. The predicted molar refractivity (Wildman–Crippen MR) is 78.8 cm³/mol. The van der Waals surface area contributed by atoms with E-state index in [1.807, 2.05) is 0 Å². The Balaban J connectivity index is 1.81. The van der Waals surface area contributed by atoms with E-state index in [0.717, 1.165) is 18.7 Å². The summed E-state index contributed by atoms with van der Waals surface area (Å²) in [5.74, 6) is 1.13. The first kappa shape index (κ1) is 14.7. The van der Waals surface area contributed by atoms with Crippen molar-refractivity contribution < 1.29 is 5.21 Å². The summed E-state index contributed by atoms with van der Waals surface area (Å²) in [4.78, 5) is 15.7. The molecule has 6 nitrogen and oxygen atoms in total. The van der Waals surface area contributed by atoms with Crippen molar-refractivity contribution in [3.05, 3.63) is 12.2 Å². The summed E-state index contributed by atoms with van der Waals surface area (Å²) in [6.07, 6.45) is 11.2. The standard InChI is InChI=1S/C14H23N5O/c1-2-3-4-5-6-7-8-9-11-17-13-12(15-10-16-13)14(18-11)19-20/h10,20H,2-9H2,1H3,(H2,15,16,17,18,19). The number of anilines is 1. The number of aryl methyl sites for hydroxylation is 1. The number of hydrogen-bond donors (Lipinski definition) is 3. The average molecular weight is 277 g/mol. The van der Waals surface area contributed by atoms with Crippen LogP contribution >= 0.6 is 0 Å². The van der Waals surface area contributed by atoms with Gasteiger partial charge in [0, 0.05) is 6.42 Å². The first-order chi connectivity index (χ1) is 9.85. The molecule has 0 aliphatic carbocycles. The molecule has 2 heterocycles. The van der Waals surface area contributed by atoms with Crippen molar-refractivity contribution >= 4 is 17.0 Å². The van der Waals surface area contributed by atoms with Gasteiger partial charge in [0.1, 0.15) is 11.3 Å². The minimum absolute atomic E-state index is 0.394. The molecule has 0 aromatic carbocycles. The number of aromatic nitrogens is 4. The van der Waals surface area contributed by atoms with Gasteiger partial charge >= 0.3 is 0 Å². The van der Waals surface area contributed by atoms with Crippen molar-refractivity contribution in [2.75, 3.05) is 5.48 Å². The molecule has 2 aromatic heterocycles. The molecule has 0 fully saturated rings. The zero-order valence-corrected chi connectivity index (χ0v) is 12.0. The van der Waals surface area contributed by atoms with Gasteiger partial charge in [0.25, 0.3) is 0 Å². The summed E-state index contributed by atoms with van der Waals surface area (Å²) >= 11 is 0. The summed E-state index contributed by atoms with van der Waals surface area (Å²) in [6.45, 7) is 2.23. The molecule has 2 aromatic rings. The normalized spacial score (nSPS) is 11.1. The maximum absolute atomic E-state index is 9.08. The third kappa shape index (κ3) is 3.90. The van der Waals surface area contributed by atoms with Crippen LogP contribution in [0.2, 0.25) is 0 Å². The van der Waals surface area contributed by atoms with Crippen LogP contribution < -0.4 is 5.48 Å². The molecule has 0 amide bonds. The molecular weight excluding hydrogens is 254 g/mol. The van der Waals surface area contributed by atoms with E-state index in [1.54, 1.807) is 6.33 Å². The van der Waals surface area contributed by atoms with Crippen LogP contribution in [0.15, 0.2) is 6.33 Å². The smallest absolute Gasteiger partial charge is 0.183 e. The molecule has 0 saturated carbocycles. The van der Waals surface area contributed by atoms with E-state index >= 15 is 0 Å². The van der Waals surface area contributed by atoms with E-state index in [2.05, 4.69) is 32.3 Å². The second kappa shape index (κ2) is 7.79. The molecular formula is C14H23N5O. The van der Waals surface area contributed by atoms with Crippen molar-refractivity contribution in [2.45, 2.75) is 58.3 Å². The molecule has 110 valence electrons. The maximum Gasteiger partial charge on any atom is 0.183 e. The number of nitrogens with zero attached hydrogens (tertiary/aromatic N) is 3. The summed E-state index contributed by atoms with van der Waals surface area (Å²) in [6, 6.07) is 0. The van der Waals surface area contributed by atoms with Crippen LogP contribution in [0.25, 0.3) is 11.2 Å². The van der Waals surface area contributed by atoms with Crippen LogP contribution in [0, 0.1) is 0 Å². The van der Waals surface area contributed by atoms with Crippen LogP contribution in [0.5, 0.6) is 0 Å². The Hall–Kier alpha value is -1.69. The summed E-state index contributed by atoms with van der Waals surface area (Å²) < 4.78 is 0. The van der Waals surface area contributed by atoms with Gasteiger partial charge in [-0.2, -0.15) is 0 Å². The Labute approximate surface area is 119 Å². The lowest BCUT2D eigenvalue weighted by Crippen LogP contribution is -2.02. The maximum atomic E-state index is 9.08. The van der Waals surface area contributed by atoms with E-state index in [9.17, 15) is 0 Å². The Bertz CT molecular complexity index is 525. The molecule has 2 rings (SSSR count). The lowest BCUT2D eigenvalue weighted by molar-refractivity contribution is 0.386. The Morgan fingerprint density at radius 3 is 2.60 bits per heavy atom. The van der Waals surface area contributed by atoms with Crippen LogP contribution in [0.3, 0.4) is 0 Å². The topological polar surface area (TPSA) is 86.7 Å². The molecule has 0 bridgehead atoms. The fourth-order valence-electron chi connectivity index (χ4n) is 2.31. The number of hydrogen-bond acceptors (Lipinski definition) is 5. The minimum Gasteiger partial charge on any atom is -0.340 e. The van der Waals surface area contributed by atoms with Gasteiger partial charge < -0.3 is 4.98 Å². The molecule has 0 atom stereocenters. The van der Waals surface area contributed by atoms with Crippen LogP contribution in [0.1, 0.15) is 57.7 Å². The van der Waals surface area contributed by atoms with E-state index in [-0.39, 0.29) is 0 Å². The van der Waals surface area contributed by atoms with Gasteiger partial charge in [0.15, 0.2) is 11.5 Å². The van der Waals surface area contributed by atoms with Gasteiger partial charge in [0.2, 0.25) is 0 Å². The van der Waals surface area contributed by atoms with Crippen molar-refractivity contribution in [1.82, 2.24) is 19.9 Å². The average Bonchev–Trinajstić information content (AvgIpc) is 2.93. The number of H-pyrrole nitrogens is 1. The Morgan fingerprint density at radius 2 is 1.85 bits per heavy atom. The number of unbranched alkanes of at least 4 members (excludes halogenated alkanes) is 6. The summed E-state index contributed by atoms with van der Waals surface area (Å²) in [5.41, 5.74) is 3.33. The van der Waals surface area contributed by atoms with Crippen LogP contribution in [-0.4, -0.2) is 25.1 Å². The van der Waals surface area contributed by atoms with E-state index < -0.39 is 0 Å². The van der Waals surface area contributed by atoms with Gasteiger partial charge in [0.05, 0.1) is 6.33 Å². The lowest BCUT2D eigenvalue weighted by atomic mass is 10.1. The van der Waals surface area contributed by atoms with E-state index in [4.69, 9.17) is 5.21 Å². The van der Waals surface area contributed by atoms with Gasteiger partial charge in [-0.05, 0) is 6.42 Å². The minimum atomic E-state index is 0.394. The zero-order valence-electron chi connectivity index (χ0n) is 12.0. The second-order valence-corrected chi connectivity index (χ2v) is 5.07. The number of fused-ring (bicyclic) bond motifs is 1. The third-order valence-corrected chi connectivity index (χ3v) is 3.44. The predicted octanol–water partition coefficient (Wildman–Crippen LogP) is 3.45. The highest BCUT2D eigenvalue weighted by molar-refractivity contribution is 5.81. The van der Waals surface area contributed by atoms with Crippen molar-refractivity contribution in [3.8, 4) is 0 Å². The highest BCUT2D eigenvalue weighted by Crippen LogP contribution is 2.17. The van der Waals surface area contributed by atoms with Gasteiger partial charge in [-0.25, -0.2) is 15.0 Å². The molecule has 6 heteroatoms. The molecule has 0 radical (unpaired) electrons. The van der Waals surface area contributed by atoms with Crippen molar-refractivity contribution in [1.29, 1.82) is 0 Å². The molecule has 0 aliphatic rings.